The molecule has 3 heteroatoms. The molecule has 0 bridgehead atoms. The molecule has 0 heterocycles. The van der Waals surface area contributed by atoms with Gasteiger partial charge in [-0.15, -0.1) is 0 Å². The number of hydrogen-bond donors (Lipinski definition) is 1. The quantitative estimate of drug-likeness (QED) is 0.670. The van der Waals surface area contributed by atoms with Gasteiger partial charge in [-0.2, -0.15) is 0 Å². The Kier molecular flexibility index (Phi) is 7.43. The van der Waals surface area contributed by atoms with Gasteiger partial charge in [0.1, 0.15) is 0 Å². The summed E-state index contributed by atoms with van der Waals surface area (Å²) in [5, 5.41) is 3.35. The third-order valence-corrected chi connectivity index (χ3v) is 2.38. The van der Waals surface area contributed by atoms with Gasteiger partial charge in [0.25, 0.3) is 0 Å². The third kappa shape index (κ3) is 6.97. The summed E-state index contributed by atoms with van der Waals surface area (Å²) in [5.74, 6) is 0. The highest BCUT2D eigenvalue weighted by molar-refractivity contribution is 5.42. The fourth-order valence-electron chi connectivity index (χ4n) is 1.48. The summed E-state index contributed by atoms with van der Waals surface area (Å²) >= 11 is 0. The van der Waals surface area contributed by atoms with E-state index in [0.717, 1.165) is 31.9 Å². The summed E-state index contributed by atoms with van der Waals surface area (Å²) in [6.07, 6.45) is 1.19. The molecular formula is C14H23NO2. The molecule has 0 aliphatic heterocycles. The molecule has 0 saturated heterocycles. The number of para-hydroxylation sites is 1. The highest BCUT2D eigenvalue weighted by atomic mass is 16.5. The zero-order chi connectivity index (χ0) is 12.3. The number of benzene rings is 1. The Morgan fingerprint density at radius 2 is 2.00 bits per heavy atom. The Bertz CT molecular complexity index is 277. The second-order valence-corrected chi connectivity index (χ2v) is 3.99. The molecule has 0 aromatic heterocycles. The zero-order valence-corrected chi connectivity index (χ0v) is 10.8. The van der Waals surface area contributed by atoms with E-state index in [4.69, 9.17) is 9.47 Å². The summed E-state index contributed by atoms with van der Waals surface area (Å²) in [6, 6.07) is 10.2. The van der Waals surface area contributed by atoms with Gasteiger partial charge in [0.05, 0.1) is 12.7 Å². The van der Waals surface area contributed by atoms with E-state index in [1.807, 2.05) is 32.0 Å². The third-order valence-electron chi connectivity index (χ3n) is 2.38. The molecule has 17 heavy (non-hydrogen) atoms. The average Bonchev–Trinajstić information content (AvgIpc) is 2.37. The van der Waals surface area contributed by atoms with E-state index < -0.39 is 0 Å². The molecule has 0 aliphatic rings. The molecule has 0 radical (unpaired) electrons. The molecule has 0 spiro atoms. The molecule has 0 fully saturated rings. The van der Waals surface area contributed by atoms with Gasteiger partial charge in [0.15, 0.2) is 0 Å². The maximum atomic E-state index is 5.62. The van der Waals surface area contributed by atoms with E-state index in [2.05, 4.69) is 17.4 Å². The Balaban J connectivity index is 1.97. The van der Waals surface area contributed by atoms with Crippen molar-refractivity contribution in [1.29, 1.82) is 0 Å². The van der Waals surface area contributed by atoms with Crippen LogP contribution in [-0.4, -0.2) is 32.5 Å². The minimum absolute atomic E-state index is 0.187. The van der Waals surface area contributed by atoms with Crippen molar-refractivity contribution in [1.82, 2.24) is 0 Å². The van der Waals surface area contributed by atoms with E-state index in [1.165, 1.54) is 0 Å². The van der Waals surface area contributed by atoms with Crippen molar-refractivity contribution < 1.29 is 9.47 Å². The monoisotopic (exact) mass is 237 g/mol. The van der Waals surface area contributed by atoms with Crippen molar-refractivity contribution in [2.45, 2.75) is 26.4 Å². The summed E-state index contributed by atoms with van der Waals surface area (Å²) in [7, 11) is 0. The highest BCUT2D eigenvalue weighted by Crippen LogP contribution is 2.04. The molecule has 3 nitrogen and oxygen atoms in total. The van der Waals surface area contributed by atoms with Gasteiger partial charge < -0.3 is 14.8 Å². The first-order chi connectivity index (χ1) is 8.33. The highest BCUT2D eigenvalue weighted by Gasteiger charge is 2.00. The molecule has 1 rings (SSSR count). The second kappa shape index (κ2) is 9.02. The summed E-state index contributed by atoms with van der Waals surface area (Å²) < 4.78 is 10.9. The lowest BCUT2D eigenvalue weighted by atomic mass is 10.3. The molecule has 1 unspecified atom stereocenters. The van der Waals surface area contributed by atoms with Crippen LogP contribution in [0.4, 0.5) is 5.69 Å². The largest absolute Gasteiger partial charge is 0.385 e. The van der Waals surface area contributed by atoms with E-state index >= 15 is 0 Å². The van der Waals surface area contributed by atoms with Crippen LogP contribution in [0, 0.1) is 0 Å². The maximum absolute atomic E-state index is 5.62. The SMILES string of the molecule is CCOCC(C)OCCCNc1ccccc1. The van der Waals surface area contributed by atoms with Gasteiger partial charge >= 0.3 is 0 Å². The minimum Gasteiger partial charge on any atom is -0.385 e. The Hall–Kier alpha value is -1.06. The maximum Gasteiger partial charge on any atom is 0.0780 e. The molecule has 1 N–H and O–H groups in total. The van der Waals surface area contributed by atoms with Crippen molar-refractivity contribution in [3.05, 3.63) is 30.3 Å². The Labute approximate surface area is 104 Å². The van der Waals surface area contributed by atoms with E-state index in [9.17, 15) is 0 Å². The second-order valence-electron chi connectivity index (χ2n) is 3.99. The van der Waals surface area contributed by atoms with Crippen LogP contribution in [-0.2, 0) is 9.47 Å². The fraction of sp³-hybridized carbons (Fsp3) is 0.571. The summed E-state index contributed by atoms with van der Waals surface area (Å²) in [6.45, 7) is 7.18. The fourth-order valence-corrected chi connectivity index (χ4v) is 1.48. The number of nitrogens with one attached hydrogen (secondary N) is 1. The predicted molar refractivity (Wildman–Crippen MR) is 71.5 cm³/mol. The van der Waals surface area contributed by atoms with Crippen LogP contribution in [0.25, 0.3) is 0 Å². The van der Waals surface area contributed by atoms with Gasteiger partial charge in [0, 0.05) is 25.4 Å². The summed E-state index contributed by atoms with van der Waals surface area (Å²) in [4.78, 5) is 0. The number of ether oxygens (including phenoxy) is 2. The zero-order valence-electron chi connectivity index (χ0n) is 10.8. The van der Waals surface area contributed by atoms with Crippen LogP contribution in [0.3, 0.4) is 0 Å². The first-order valence-electron chi connectivity index (χ1n) is 6.31. The van der Waals surface area contributed by atoms with Crippen molar-refractivity contribution in [3.8, 4) is 0 Å². The van der Waals surface area contributed by atoms with Crippen molar-refractivity contribution >= 4 is 5.69 Å². The molecule has 1 aromatic rings. The smallest absolute Gasteiger partial charge is 0.0780 e. The number of anilines is 1. The van der Waals surface area contributed by atoms with Crippen LogP contribution in [0.15, 0.2) is 30.3 Å². The van der Waals surface area contributed by atoms with E-state index in [-0.39, 0.29) is 6.10 Å². The lowest BCUT2D eigenvalue weighted by molar-refractivity contribution is -0.00325. The summed E-state index contributed by atoms with van der Waals surface area (Å²) in [5.41, 5.74) is 1.16. The normalized spacial score (nSPS) is 12.4. The van der Waals surface area contributed by atoms with Gasteiger partial charge in [-0.3, -0.25) is 0 Å². The first-order valence-corrected chi connectivity index (χ1v) is 6.31. The van der Waals surface area contributed by atoms with Crippen LogP contribution in [0.2, 0.25) is 0 Å². The van der Waals surface area contributed by atoms with Gasteiger partial charge in [0.2, 0.25) is 0 Å². The molecule has 96 valence electrons. The van der Waals surface area contributed by atoms with Crippen molar-refractivity contribution in [2.75, 3.05) is 31.7 Å². The van der Waals surface area contributed by atoms with E-state index in [0.29, 0.717) is 6.61 Å². The molecule has 1 aromatic carbocycles. The molecule has 0 aliphatic carbocycles. The lowest BCUT2D eigenvalue weighted by Gasteiger charge is -2.13. The topological polar surface area (TPSA) is 30.5 Å². The lowest BCUT2D eigenvalue weighted by Crippen LogP contribution is -2.17. The standard InChI is InChI=1S/C14H23NO2/c1-3-16-12-13(2)17-11-7-10-15-14-8-5-4-6-9-14/h4-6,8-9,13,15H,3,7,10-12H2,1-2H3. The van der Waals surface area contributed by atoms with Crippen LogP contribution in [0.1, 0.15) is 20.3 Å². The molecule has 0 saturated carbocycles. The average molecular weight is 237 g/mol. The van der Waals surface area contributed by atoms with Crippen LogP contribution < -0.4 is 5.32 Å². The van der Waals surface area contributed by atoms with Gasteiger partial charge in [-0.05, 0) is 32.4 Å². The molecular weight excluding hydrogens is 214 g/mol. The van der Waals surface area contributed by atoms with Gasteiger partial charge in [-0.1, -0.05) is 18.2 Å². The van der Waals surface area contributed by atoms with Crippen molar-refractivity contribution in [2.24, 2.45) is 0 Å². The number of hydrogen-bond acceptors (Lipinski definition) is 3. The Morgan fingerprint density at radius 1 is 1.24 bits per heavy atom. The van der Waals surface area contributed by atoms with Gasteiger partial charge in [-0.25, -0.2) is 0 Å². The van der Waals surface area contributed by atoms with E-state index in [1.54, 1.807) is 0 Å². The minimum atomic E-state index is 0.187. The number of rotatable bonds is 9. The molecule has 1 atom stereocenters. The first kappa shape index (κ1) is 14.0. The molecule has 0 amide bonds. The van der Waals surface area contributed by atoms with Crippen molar-refractivity contribution in [3.63, 3.8) is 0 Å². The Morgan fingerprint density at radius 3 is 2.71 bits per heavy atom. The van der Waals surface area contributed by atoms with Crippen LogP contribution in [0.5, 0.6) is 0 Å². The predicted octanol–water partition coefficient (Wildman–Crippen LogP) is 2.93. The van der Waals surface area contributed by atoms with Crippen LogP contribution >= 0.6 is 0 Å².